The van der Waals surface area contributed by atoms with Crippen LogP contribution in [0.15, 0.2) is 30.3 Å². The molecule has 6 heteroatoms. The first-order valence-corrected chi connectivity index (χ1v) is 9.10. The summed E-state index contributed by atoms with van der Waals surface area (Å²) < 4.78 is 12.2. The topological polar surface area (TPSA) is 60.8 Å². The Morgan fingerprint density at radius 3 is 2.30 bits per heavy atom. The number of esters is 1. The Labute approximate surface area is 160 Å². The number of nitrogens with zero attached hydrogens (tertiary/aromatic N) is 2. The average Bonchev–Trinajstić information content (AvgIpc) is 2.93. The summed E-state index contributed by atoms with van der Waals surface area (Å²) in [7, 11) is 1.63. The number of amides is 1. The van der Waals surface area contributed by atoms with Gasteiger partial charge in [0.05, 0.1) is 19.3 Å². The van der Waals surface area contributed by atoms with Gasteiger partial charge in [-0.1, -0.05) is 0 Å². The molecule has 0 unspecified atom stereocenters. The second kappa shape index (κ2) is 8.75. The van der Waals surface area contributed by atoms with E-state index in [1.54, 1.807) is 14.0 Å². The fraction of sp³-hybridized carbons (Fsp3) is 0.429. The summed E-state index contributed by atoms with van der Waals surface area (Å²) in [6.07, 6.45) is 0. The van der Waals surface area contributed by atoms with E-state index in [4.69, 9.17) is 9.47 Å². The van der Waals surface area contributed by atoms with E-state index in [0.717, 1.165) is 22.8 Å². The van der Waals surface area contributed by atoms with Crippen molar-refractivity contribution in [2.75, 3.05) is 20.3 Å². The van der Waals surface area contributed by atoms with Gasteiger partial charge in [0, 0.05) is 23.1 Å². The first kappa shape index (κ1) is 20.6. The van der Waals surface area contributed by atoms with E-state index >= 15 is 0 Å². The van der Waals surface area contributed by atoms with Gasteiger partial charge in [-0.25, -0.2) is 0 Å². The van der Waals surface area contributed by atoms with Crippen LogP contribution in [0.3, 0.4) is 0 Å². The summed E-state index contributed by atoms with van der Waals surface area (Å²) in [5.74, 6) is 0.201. The van der Waals surface area contributed by atoms with E-state index in [2.05, 4.69) is 0 Å². The summed E-state index contributed by atoms with van der Waals surface area (Å²) in [6, 6.07) is 9.42. The summed E-state index contributed by atoms with van der Waals surface area (Å²) in [4.78, 5) is 26.6. The molecule has 1 aromatic carbocycles. The molecule has 1 aromatic heterocycles. The van der Waals surface area contributed by atoms with Crippen molar-refractivity contribution in [2.24, 2.45) is 0 Å². The third-order valence-electron chi connectivity index (χ3n) is 4.48. The highest BCUT2D eigenvalue weighted by atomic mass is 16.5. The lowest BCUT2D eigenvalue weighted by atomic mass is 10.2. The fourth-order valence-electron chi connectivity index (χ4n) is 3.10. The Morgan fingerprint density at radius 2 is 1.78 bits per heavy atom. The zero-order chi connectivity index (χ0) is 20.1. The number of aromatic nitrogens is 1. The van der Waals surface area contributed by atoms with Crippen molar-refractivity contribution in [2.45, 2.75) is 40.7 Å². The molecule has 6 nitrogen and oxygen atoms in total. The molecule has 0 saturated carbocycles. The third kappa shape index (κ3) is 4.51. The highest BCUT2D eigenvalue weighted by molar-refractivity contribution is 5.97. The molecule has 1 heterocycles. The van der Waals surface area contributed by atoms with Gasteiger partial charge in [0.15, 0.2) is 0 Å². The lowest BCUT2D eigenvalue weighted by Gasteiger charge is -2.25. The highest BCUT2D eigenvalue weighted by Gasteiger charge is 2.26. The standard InChI is InChI=1S/C21H28N2O4/c1-7-27-20(24)13-22(14(2)3)21(25)19-12-15(4)23(16(19)5)17-8-10-18(26-6)11-9-17/h8-12,14H,7,13H2,1-6H3. The molecule has 1 amide bonds. The van der Waals surface area contributed by atoms with Crippen LogP contribution in [0.2, 0.25) is 0 Å². The molecule has 0 saturated heterocycles. The molecular weight excluding hydrogens is 344 g/mol. The number of carbonyl (C=O) groups is 2. The van der Waals surface area contributed by atoms with Crippen molar-refractivity contribution in [3.63, 3.8) is 0 Å². The molecule has 0 aliphatic rings. The lowest BCUT2D eigenvalue weighted by molar-refractivity contribution is -0.144. The fourth-order valence-corrected chi connectivity index (χ4v) is 3.10. The van der Waals surface area contributed by atoms with E-state index in [0.29, 0.717) is 12.2 Å². The molecule has 0 bridgehead atoms. The number of carbonyl (C=O) groups excluding carboxylic acids is 2. The number of hydrogen-bond acceptors (Lipinski definition) is 4. The van der Waals surface area contributed by atoms with E-state index in [1.165, 1.54) is 4.90 Å². The molecule has 0 spiro atoms. The van der Waals surface area contributed by atoms with Crippen molar-refractivity contribution in [1.82, 2.24) is 9.47 Å². The van der Waals surface area contributed by atoms with Gasteiger partial charge in [0.25, 0.3) is 5.91 Å². The van der Waals surface area contributed by atoms with E-state index in [-0.39, 0.29) is 18.5 Å². The smallest absolute Gasteiger partial charge is 0.325 e. The van der Waals surface area contributed by atoms with Crippen LogP contribution < -0.4 is 4.74 Å². The van der Waals surface area contributed by atoms with Crippen molar-refractivity contribution in [3.05, 3.63) is 47.3 Å². The zero-order valence-corrected chi connectivity index (χ0v) is 16.9. The summed E-state index contributed by atoms with van der Waals surface area (Å²) in [6.45, 7) is 9.63. The molecule has 0 aliphatic heterocycles. The number of ether oxygens (including phenoxy) is 2. The predicted molar refractivity (Wildman–Crippen MR) is 105 cm³/mol. The molecule has 146 valence electrons. The predicted octanol–water partition coefficient (Wildman–Crippen LogP) is 3.52. The lowest BCUT2D eigenvalue weighted by Crippen LogP contribution is -2.41. The van der Waals surface area contributed by atoms with Gasteiger partial charge >= 0.3 is 5.97 Å². The number of benzene rings is 1. The molecule has 0 radical (unpaired) electrons. The Hall–Kier alpha value is -2.76. The van der Waals surface area contributed by atoms with Crippen LogP contribution in [0.25, 0.3) is 5.69 Å². The Bertz CT molecular complexity index is 806. The van der Waals surface area contributed by atoms with Crippen LogP contribution in [0.4, 0.5) is 0 Å². The van der Waals surface area contributed by atoms with Crippen LogP contribution in [-0.4, -0.2) is 47.6 Å². The number of rotatable bonds is 7. The van der Waals surface area contributed by atoms with E-state index in [9.17, 15) is 9.59 Å². The van der Waals surface area contributed by atoms with Crippen molar-refractivity contribution < 1.29 is 19.1 Å². The summed E-state index contributed by atoms with van der Waals surface area (Å²) in [5.41, 5.74) is 3.31. The van der Waals surface area contributed by atoms with Crippen LogP contribution in [0.5, 0.6) is 5.75 Å². The van der Waals surface area contributed by atoms with Crippen LogP contribution in [0, 0.1) is 13.8 Å². The number of aryl methyl sites for hydroxylation is 1. The molecule has 0 fully saturated rings. The van der Waals surface area contributed by atoms with Gasteiger partial charge in [-0.05, 0) is 65.0 Å². The molecule has 0 atom stereocenters. The monoisotopic (exact) mass is 372 g/mol. The normalized spacial score (nSPS) is 10.8. The Morgan fingerprint density at radius 1 is 1.15 bits per heavy atom. The quantitative estimate of drug-likeness (QED) is 0.698. The molecule has 0 N–H and O–H groups in total. The maximum absolute atomic E-state index is 13.1. The third-order valence-corrected chi connectivity index (χ3v) is 4.48. The summed E-state index contributed by atoms with van der Waals surface area (Å²) >= 11 is 0. The van der Waals surface area contributed by atoms with Crippen LogP contribution in [-0.2, 0) is 9.53 Å². The van der Waals surface area contributed by atoms with Crippen molar-refractivity contribution >= 4 is 11.9 Å². The highest BCUT2D eigenvalue weighted by Crippen LogP contribution is 2.24. The van der Waals surface area contributed by atoms with Gasteiger partial charge in [0.1, 0.15) is 12.3 Å². The van der Waals surface area contributed by atoms with Crippen molar-refractivity contribution in [1.29, 1.82) is 0 Å². The summed E-state index contributed by atoms with van der Waals surface area (Å²) in [5, 5.41) is 0. The molecule has 27 heavy (non-hydrogen) atoms. The first-order valence-electron chi connectivity index (χ1n) is 9.10. The minimum absolute atomic E-state index is 0.0590. The molecule has 2 rings (SSSR count). The minimum atomic E-state index is -0.400. The van der Waals surface area contributed by atoms with Gasteiger partial charge in [-0.2, -0.15) is 0 Å². The Balaban J connectivity index is 2.37. The first-order chi connectivity index (χ1) is 12.8. The minimum Gasteiger partial charge on any atom is -0.497 e. The average molecular weight is 372 g/mol. The maximum Gasteiger partial charge on any atom is 0.325 e. The van der Waals surface area contributed by atoms with E-state index < -0.39 is 5.97 Å². The Kier molecular flexibility index (Phi) is 6.66. The van der Waals surface area contributed by atoms with Gasteiger partial charge in [0.2, 0.25) is 0 Å². The second-order valence-electron chi connectivity index (χ2n) is 6.65. The zero-order valence-electron chi connectivity index (χ0n) is 16.9. The maximum atomic E-state index is 13.1. The van der Waals surface area contributed by atoms with Gasteiger partial charge in [-0.15, -0.1) is 0 Å². The van der Waals surface area contributed by atoms with Crippen molar-refractivity contribution in [3.8, 4) is 11.4 Å². The SMILES string of the molecule is CCOC(=O)CN(C(=O)c1cc(C)n(-c2ccc(OC)cc2)c1C)C(C)C. The number of methoxy groups -OCH3 is 1. The van der Waals surface area contributed by atoms with Crippen LogP contribution in [0.1, 0.15) is 42.5 Å². The molecule has 0 aliphatic carbocycles. The largest absolute Gasteiger partial charge is 0.497 e. The van der Waals surface area contributed by atoms with Crippen LogP contribution >= 0.6 is 0 Å². The van der Waals surface area contributed by atoms with Gasteiger partial charge < -0.3 is 18.9 Å². The van der Waals surface area contributed by atoms with Gasteiger partial charge in [-0.3, -0.25) is 9.59 Å². The molecular formula is C21H28N2O4. The van der Waals surface area contributed by atoms with E-state index in [1.807, 2.05) is 62.6 Å². The number of hydrogen-bond donors (Lipinski definition) is 0. The molecule has 2 aromatic rings. The second-order valence-corrected chi connectivity index (χ2v) is 6.65.